The van der Waals surface area contributed by atoms with Crippen LogP contribution >= 0.6 is 24.2 Å². The molecule has 2 atom stereocenters. The first-order valence-electron chi connectivity index (χ1n) is 7.38. The topological polar surface area (TPSA) is 58.4 Å². The van der Waals surface area contributed by atoms with E-state index in [-0.39, 0.29) is 24.4 Å². The molecule has 1 aliphatic rings. The molecule has 0 aromatic heterocycles. The number of nitrogens with one attached hydrogen (secondary N) is 1. The number of nitrogens with two attached hydrogens (primary N) is 1. The molecule has 6 heteroatoms. The molecule has 4 nitrogen and oxygen atoms in total. The largest absolute Gasteiger partial charge is 0.354 e. The standard InChI is InChI=1S/C14H29N3OS.ClH/c1-12(11-17-7-4-3-5-8-17)10-16-14(18)13(15)6-9-19-2;/h12-13H,3-11,15H2,1-2H3,(H,16,18);1H/t12?,13-;/m0./s1. The van der Waals surface area contributed by atoms with Gasteiger partial charge in [-0.2, -0.15) is 11.8 Å². The molecule has 3 N–H and O–H groups in total. The second-order valence-electron chi connectivity index (χ2n) is 5.60. The van der Waals surface area contributed by atoms with Crippen molar-refractivity contribution < 1.29 is 4.79 Å². The van der Waals surface area contributed by atoms with Crippen LogP contribution in [-0.2, 0) is 4.79 Å². The van der Waals surface area contributed by atoms with Crippen LogP contribution in [0.2, 0.25) is 0 Å². The lowest BCUT2D eigenvalue weighted by Crippen LogP contribution is -2.44. The highest BCUT2D eigenvalue weighted by molar-refractivity contribution is 7.98. The summed E-state index contributed by atoms with van der Waals surface area (Å²) in [5, 5.41) is 2.98. The molecule has 1 amide bonds. The van der Waals surface area contributed by atoms with Crippen LogP contribution < -0.4 is 11.1 Å². The molecule has 1 heterocycles. The zero-order valence-electron chi connectivity index (χ0n) is 12.8. The van der Waals surface area contributed by atoms with Crippen LogP contribution in [0.3, 0.4) is 0 Å². The van der Waals surface area contributed by atoms with E-state index in [9.17, 15) is 4.79 Å². The lowest BCUT2D eigenvalue weighted by Gasteiger charge is -2.29. The Morgan fingerprint density at radius 3 is 2.60 bits per heavy atom. The Kier molecular flexibility index (Phi) is 11.7. The quantitative estimate of drug-likeness (QED) is 0.714. The molecule has 0 aliphatic carbocycles. The van der Waals surface area contributed by atoms with Crippen molar-refractivity contribution in [2.75, 3.05) is 38.2 Å². The summed E-state index contributed by atoms with van der Waals surface area (Å²) in [5.41, 5.74) is 5.84. The number of amides is 1. The Hall–Kier alpha value is 0.0300. The van der Waals surface area contributed by atoms with E-state index in [0.29, 0.717) is 5.92 Å². The van der Waals surface area contributed by atoms with Gasteiger partial charge in [0.25, 0.3) is 0 Å². The fraction of sp³-hybridized carbons (Fsp3) is 0.929. The number of likely N-dealkylation sites (tertiary alicyclic amines) is 1. The van der Waals surface area contributed by atoms with Crippen molar-refractivity contribution >= 4 is 30.1 Å². The van der Waals surface area contributed by atoms with Crippen LogP contribution in [0.25, 0.3) is 0 Å². The third-order valence-electron chi connectivity index (χ3n) is 3.61. The molecule has 1 rings (SSSR count). The minimum Gasteiger partial charge on any atom is -0.354 e. The van der Waals surface area contributed by atoms with Gasteiger partial charge >= 0.3 is 0 Å². The van der Waals surface area contributed by atoms with Gasteiger partial charge in [-0.25, -0.2) is 0 Å². The van der Waals surface area contributed by atoms with Crippen LogP contribution in [0.15, 0.2) is 0 Å². The van der Waals surface area contributed by atoms with Gasteiger partial charge in [0.15, 0.2) is 0 Å². The molecule has 0 radical (unpaired) electrons. The first-order chi connectivity index (χ1) is 9.13. The summed E-state index contributed by atoms with van der Waals surface area (Å²) in [4.78, 5) is 14.3. The average molecular weight is 324 g/mol. The maximum Gasteiger partial charge on any atom is 0.236 e. The van der Waals surface area contributed by atoms with Crippen molar-refractivity contribution in [1.29, 1.82) is 0 Å². The predicted molar refractivity (Wildman–Crippen MR) is 90.7 cm³/mol. The Balaban J connectivity index is 0.00000361. The maximum absolute atomic E-state index is 11.8. The van der Waals surface area contributed by atoms with E-state index in [1.54, 1.807) is 11.8 Å². The Labute approximate surface area is 134 Å². The summed E-state index contributed by atoms with van der Waals surface area (Å²) >= 11 is 1.73. The monoisotopic (exact) mass is 323 g/mol. The highest BCUT2D eigenvalue weighted by Crippen LogP contribution is 2.10. The number of hydrogen-bond acceptors (Lipinski definition) is 4. The van der Waals surface area contributed by atoms with Gasteiger partial charge in [0, 0.05) is 13.1 Å². The lowest BCUT2D eigenvalue weighted by molar-refractivity contribution is -0.122. The van der Waals surface area contributed by atoms with E-state index >= 15 is 0 Å². The molecule has 0 aromatic carbocycles. The molecule has 120 valence electrons. The van der Waals surface area contributed by atoms with E-state index in [0.717, 1.165) is 25.3 Å². The van der Waals surface area contributed by atoms with Gasteiger partial charge in [0.1, 0.15) is 0 Å². The Bertz CT molecular complexity index is 263. The fourth-order valence-electron chi connectivity index (χ4n) is 2.43. The van der Waals surface area contributed by atoms with E-state index in [1.807, 2.05) is 6.26 Å². The molecule has 1 saturated heterocycles. The summed E-state index contributed by atoms with van der Waals surface area (Å²) < 4.78 is 0. The number of rotatable bonds is 8. The van der Waals surface area contributed by atoms with Crippen LogP contribution in [0, 0.1) is 5.92 Å². The van der Waals surface area contributed by atoms with Crippen LogP contribution in [0.5, 0.6) is 0 Å². The molecule has 1 aliphatic heterocycles. The third kappa shape index (κ3) is 8.35. The lowest BCUT2D eigenvalue weighted by atomic mass is 10.1. The molecule has 0 aromatic rings. The highest BCUT2D eigenvalue weighted by Gasteiger charge is 2.16. The van der Waals surface area contributed by atoms with Gasteiger partial charge < -0.3 is 16.0 Å². The molecule has 1 unspecified atom stereocenters. The van der Waals surface area contributed by atoms with E-state index < -0.39 is 0 Å². The molecule has 20 heavy (non-hydrogen) atoms. The Morgan fingerprint density at radius 2 is 2.00 bits per heavy atom. The van der Waals surface area contributed by atoms with Gasteiger partial charge in [-0.3, -0.25) is 4.79 Å². The fourth-order valence-corrected chi connectivity index (χ4v) is 2.92. The van der Waals surface area contributed by atoms with Crippen molar-refractivity contribution in [3.63, 3.8) is 0 Å². The van der Waals surface area contributed by atoms with Gasteiger partial charge in [-0.1, -0.05) is 13.3 Å². The van der Waals surface area contributed by atoms with Gasteiger partial charge in [0.2, 0.25) is 5.91 Å². The smallest absolute Gasteiger partial charge is 0.236 e. The number of piperidine rings is 1. The summed E-state index contributed by atoms with van der Waals surface area (Å²) in [6.45, 7) is 6.45. The molecular formula is C14H30ClN3OS. The first-order valence-corrected chi connectivity index (χ1v) is 8.77. The summed E-state index contributed by atoms with van der Waals surface area (Å²) in [6.07, 6.45) is 6.79. The zero-order valence-corrected chi connectivity index (χ0v) is 14.4. The third-order valence-corrected chi connectivity index (χ3v) is 4.26. The Morgan fingerprint density at radius 1 is 1.35 bits per heavy atom. The highest BCUT2D eigenvalue weighted by atomic mass is 35.5. The SMILES string of the molecule is CSCC[C@H](N)C(=O)NCC(C)CN1CCCCC1.Cl. The van der Waals surface area contributed by atoms with Gasteiger partial charge in [-0.15, -0.1) is 12.4 Å². The minimum absolute atomic E-state index is 0. The van der Waals surface area contributed by atoms with E-state index in [2.05, 4.69) is 17.1 Å². The average Bonchev–Trinajstić information content (AvgIpc) is 2.43. The number of carbonyl (C=O) groups excluding carboxylic acids is 1. The maximum atomic E-state index is 11.8. The van der Waals surface area contributed by atoms with Crippen molar-refractivity contribution in [2.24, 2.45) is 11.7 Å². The molecule has 1 fully saturated rings. The second kappa shape index (κ2) is 11.7. The van der Waals surface area contributed by atoms with Crippen molar-refractivity contribution in [2.45, 2.75) is 38.6 Å². The molecular weight excluding hydrogens is 294 g/mol. The number of hydrogen-bond donors (Lipinski definition) is 2. The first kappa shape index (κ1) is 20.0. The number of halogens is 1. The summed E-state index contributed by atoms with van der Waals surface area (Å²) in [5.74, 6) is 1.44. The van der Waals surface area contributed by atoms with E-state index in [4.69, 9.17) is 5.73 Å². The molecule has 0 saturated carbocycles. The second-order valence-corrected chi connectivity index (χ2v) is 6.59. The van der Waals surface area contributed by atoms with E-state index in [1.165, 1.54) is 32.4 Å². The van der Waals surface area contributed by atoms with Gasteiger partial charge in [-0.05, 0) is 50.3 Å². The number of carbonyl (C=O) groups is 1. The van der Waals surface area contributed by atoms with Crippen molar-refractivity contribution in [1.82, 2.24) is 10.2 Å². The predicted octanol–water partition coefficient (Wildman–Crippen LogP) is 1.73. The number of thioether (sulfide) groups is 1. The van der Waals surface area contributed by atoms with Crippen molar-refractivity contribution in [3.8, 4) is 0 Å². The normalized spacial score (nSPS) is 18.9. The number of nitrogens with zero attached hydrogens (tertiary/aromatic N) is 1. The van der Waals surface area contributed by atoms with Crippen LogP contribution in [-0.4, -0.2) is 55.0 Å². The zero-order chi connectivity index (χ0) is 14.1. The minimum atomic E-state index is -0.352. The van der Waals surface area contributed by atoms with Crippen molar-refractivity contribution in [3.05, 3.63) is 0 Å². The summed E-state index contributed by atoms with van der Waals surface area (Å²) in [6, 6.07) is -0.352. The molecule has 0 bridgehead atoms. The van der Waals surface area contributed by atoms with Gasteiger partial charge in [0.05, 0.1) is 6.04 Å². The van der Waals surface area contributed by atoms with Crippen LogP contribution in [0.4, 0.5) is 0 Å². The summed E-state index contributed by atoms with van der Waals surface area (Å²) in [7, 11) is 0. The van der Waals surface area contributed by atoms with Crippen LogP contribution in [0.1, 0.15) is 32.6 Å². The molecule has 0 spiro atoms.